The van der Waals surface area contributed by atoms with E-state index in [1.165, 1.54) is 12.1 Å². The fourth-order valence-electron chi connectivity index (χ4n) is 3.26. The van der Waals surface area contributed by atoms with E-state index in [0.29, 0.717) is 12.0 Å². The van der Waals surface area contributed by atoms with Crippen molar-refractivity contribution in [2.24, 2.45) is 0 Å². The van der Waals surface area contributed by atoms with Gasteiger partial charge in [-0.1, -0.05) is 18.2 Å². The van der Waals surface area contributed by atoms with Crippen molar-refractivity contribution in [1.82, 2.24) is 10.2 Å². The van der Waals surface area contributed by atoms with Crippen molar-refractivity contribution in [3.8, 4) is 0 Å². The summed E-state index contributed by atoms with van der Waals surface area (Å²) in [6.45, 7) is 9.25. The maximum atomic E-state index is 12.6. The van der Waals surface area contributed by atoms with Gasteiger partial charge in [-0.3, -0.25) is 5.21 Å². The van der Waals surface area contributed by atoms with Crippen LogP contribution in [0.4, 0.5) is 10.5 Å². The molecular weight excluding hydrogens is 390 g/mol. The molecule has 0 bridgehead atoms. The van der Waals surface area contributed by atoms with Crippen LogP contribution in [0.5, 0.6) is 0 Å². The van der Waals surface area contributed by atoms with E-state index in [1.807, 2.05) is 6.08 Å². The van der Waals surface area contributed by atoms with Gasteiger partial charge in [0.2, 0.25) is 0 Å². The Hall–Kier alpha value is -2.78. The first-order valence-corrected chi connectivity index (χ1v) is 9.82. The van der Waals surface area contributed by atoms with Gasteiger partial charge in [-0.15, -0.1) is 0 Å². The lowest BCUT2D eigenvalue weighted by Gasteiger charge is -2.38. The third-order valence-electron chi connectivity index (χ3n) is 4.60. The van der Waals surface area contributed by atoms with E-state index in [2.05, 4.69) is 5.32 Å². The van der Waals surface area contributed by atoms with Gasteiger partial charge in [-0.2, -0.15) is 0 Å². The molecule has 0 spiro atoms. The summed E-state index contributed by atoms with van der Waals surface area (Å²) in [5.41, 5.74) is -1.18. The Balaban J connectivity index is 2.35. The molecule has 1 aliphatic rings. The number of alkyl carbamates (subject to hydrolysis) is 1. The van der Waals surface area contributed by atoms with Crippen LogP contribution in [0.25, 0.3) is 0 Å². The number of amides is 1. The van der Waals surface area contributed by atoms with Gasteiger partial charge in [0.15, 0.2) is 0 Å². The summed E-state index contributed by atoms with van der Waals surface area (Å²) in [6, 6.07) is 5.74. The maximum absolute atomic E-state index is 12.6. The van der Waals surface area contributed by atoms with Crippen molar-refractivity contribution in [3.05, 3.63) is 47.3 Å². The molecule has 2 rings (SSSR count). The first kappa shape index (κ1) is 23.5. The minimum atomic E-state index is -1.05. The molecular formula is C21H30N3O6-. The normalized spacial score (nSPS) is 18.0. The highest BCUT2D eigenvalue weighted by Crippen LogP contribution is 2.29. The fraction of sp³-hybridized carbons (Fsp3) is 0.524. The van der Waals surface area contributed by atoms with Crippen LogP contribution in [0.3, 0.4) is 0 Å². The van der Waals surface area contributed by atoms with Crippen LogP contribution < -0.4 is 10.5 Å². The van der Waals surface area contributed by atoms with Gasteiger partial charge in [0.1, 0.15) is 11.6 Å². The average molecular weight is 420 g/mol. The SMILES string of the molecule is CCOC(=O)C1CC=CN1C[C@@](C)(NC(=O)OC(C)(C)C)c1cccc(N([O-])O)c1. The van der Waals surface area contributed by atoms with Crippen molar-refractivity contribution >= 4 is 17.7 Å². The molecule has 1 heterocycles. The molecule has 1 amide bonds. The molecule has 0 saturated heterocycles. The Morgan fingerprint density at radius 2 is 2.03 bits per heavy atom. The first-order chi connectivity index (χ1) is 13.9. The van der Waals surface area contributed by atoms with Crippen LogP contribution in [-0.2, 0) is 19.8 Å². The molecule has 2 atom stereocenters. The predicted molar refractivity (Wildman–Crippen MR) is 112 cm³/mol. The van der Waals surface area contributed by atoms with Crippen LogP contribution in [0, 0.1) is 5.21 Å². The zero-order valence-corrected chi connectivity index (χ0v) is 18.0. The number of hydrogen-bond donors (Lipinski definition) is 2. The molecule has 1 unspecified atom stereocenters. The number of anilines is 1. The van der Waals surface area contributed by atoms with Gasteiger partial charge in [0, 0.05) is 6.54 Å². The Morgan fingerprint density at radius 3 is 2.63 bits per heavy atom. The molecule has 0 saturated carbocycles. The molecule has 30 heavy (non-hydrogen) atoms. The van der Waals surface area contributed by atoms with E-state index < -0.39 is 23.3 Å². The second-order valence-corrected chi connectivity index (χ2v) is 8.34. The average Bonchev–Trinajstić information content (AvgIpc) is 3.08. The number of nitrogens with zero attached hydrogens (tertiary/aromatic N) is 2. The maximum Gasteiger partial charge on any atom is 0.408 e. The molecule has 9 nitrogen and oxygen atoms in total. The molecule has 9 heteroatoms. The van der Waals surface area contributed by atoms with E-state index in [9.17, 15) is 20.0 Å². The molecule has 2 N–H and O–H groups in total. The van der Waals surface area contributed by atoms with Gasteiger partial charge in [0.05, 0.1) is 17.8 Å². The Labute approximate surface area is 176 Å². The zero-order valence-electron chi connectivity index (χ0n) is 18.0. The van der Waals surface area contributed by atoms with E-state index >= 15 is 0 Å². The summed E-state index contributed by atoms with van der Waals surface area (Å²) in [4.78, 5) is 26.7. The Kier molecular flexibility index (Phi) is 7.33. The van der Waals surface area contributed by atoms with Gasteiger partial charge < -0.3 is 30.1 Å². The molecule has 166 valence electrons. The number of ether oxygens (including phenoxy) is 2. The summed E-state index contributed by atoms with van der Waals surface area (Å²) < 4.78 is 10.6. The topological polar surface area (TPSA) is 114 Å². The van der Waals surface area contributed by atoms with Gasteiger partial charge in [-0.25, -0.2) is 9.59 Å². The van der Waals surface area contributed by atoms with Crippen LogP contribution in [-0.4, -0.2) is 47.0 Å². The van der Waals surface area contributed by atoms with Crippen molar-refractivity contribution in [3.63, 3.8) is 0 Å². The Morgan fingerprint density at radius 1 is 1.33 bits per heavy atom. The standard InChI is InChI=1S/C21H30N3O6/c1-6-29-18(25)17-11-8-12-23(17)14-21(5,22-19(26)30-20(2,3)4)15-9-7-10-16(13-15)24(27)28/h7-10,12-13,17,27H,6,11,14H2,1-5H3,(H,22,26)/q-1/t17?,21-/m1/s1. The quantitative estimate of drug-likeness (QED) is 0.510. The number of rotatable bonds is 7. The molecule has 0 aliphatic carbocycles. The molecule has 0 aromatic heterocycles. The van der Waals surface area contributed by atoms with Crippen LogP contribution in [0.2, 0.25) is 0 Å². The number of carbonyl (C=O) groups is 2. The number of nitrogens with one attached hydrogen (secondary N) is 1. The van der Waals surface area contributed by atoms with E-state index in [0.717, 1.165) is 0 Å². The van der Waals surface area contributed by atoms with Crippen molar-refractivity contribution in [1.29, 1.82) is 0 Å². The van der Waals surface area contributed by atoms with Crippen LogP contribution >= 0.6 is 0 Å². The van der Waals surface area contributed by atoms with E-state index in [-0.39, 0.29) is 30.0 Å². The van der Waals surface area contributed by atoms with Crippen LogP contribution in [0.1, 0.15) is 46.6 Å². The van der Waals surface area contributed by atoms with Crippen molar-refractivity contribution < 1.29 is 24.3 Å². The first-order valence-electron chi connectivity index (χ1n) is 9.82. The minimum Gasteiger partial charge on any atom is -0.733 e. The van der Waals surface area contributed by atoms with Crippen molar-refractivity contribution in [2.75, 3.05) is 18.4 Å². The summed E-state index contributed by atoms with van der Waals surface area (Å²) in [6.07, 6.45) is 3.49. The van der Waals surface area contributed by atoms with Gasteiger partial charge in [0.25, 0.3) is 0 Å². The predicted octanol–water partition coefficient (Wildman–Crippen LogP) is 3.27. The summed E-state index contributed by atoms with van der Waals surface area (Å²) in [5.74, 6) is -0.350. The lowest BCUT2D eigenvalue weighted by molar-refractivity contribution is -0.148. The highest BCUT2D eigenvalue weighted by Gasteiger charge is 2.37. The second-order valence-electron chi connectivity index (χ2n) is 8.34. The molecule has 0 radical (unpaired) electrons. The smallest absolute Gasteiger partial charge is 0.408 e. The van der Waals surface area contributed by atoms with Crippen LogP contribution in [0.15, 0.2) is 36.5 Å². The van der Waals surface area contributed by atoms with Gasteiger partial charge in [-0.05, 0) is 64.9 Å². The monoisotopic (exact) mass is 420 g/mol. The highest BCUT2D eigenvalue weighted by atomic mass is 16.8. The molecule has 1 aromatic carbocycles. The number of esters is 1. The summed E-state index contributed by atoms with van der Waals surface area (Å²) in [7, 11) is 0. The minimum absolute atomic E-state index is 0.0172. The number of carbonyl (C=O) groups excluding carboxylic acids is 2. The zero-order chi connectivity index (χ0) is 22.5. The van der Waals surface area contributed by atoms with Gasteiger partial charge >= 0.3 is 12.1 Å². The van der Waals surface area contributed by atoms with E-state index in [1.54, 1.807) is 57.9 Å². The second kappa shape index (κ2) is 9.36. The Bertz CT molecular complexity index is 789. The van der Waals surface area contributed by atoms with E-state index in [4.69, 9.17) is 9.47 Å². The molecule has 1 aromatic rings. The lowest BCUT2D eigenvalue weighted by Crippen LogP contribution is -2.53. The molecule has 1 aliphatic heterocycles. The largest absolute Gasteiger partial charge is 0.733 e. The van der Waals surface area contributed by atoms with Crippen molar-refractivity contribution in [2.45, 2.75) is 58.2 Å². The summed E-state index contributed by atoms with van der Waals surface area (Å²) in [5, 5.41) is 23.3. The number of benzene rings is 1. The number of hydrogen-bond acceptors (Lipinski definition) is 8. The third-order valence-corrected chi connectivity index (χ3v) is 4.60. The molecule has 0 fully saturated rings. The lowest BCUT2D eigenvalue weighted by atomic mass is 9.90. The highest BCUT2D eigenvalue weighted by molar-refractivity contribution is 5.77. The summed E-state index contributed by atoms with van der Waals surface area (Å²) >= 11 is 0. The fourth-order valence-corrected chi connectivity index (χ4v) is 3.26. The third kappa shape index (κ3) is 6.11.